The Morgan fingerprint density at radius 2 is 2.05 bits per heavy atom. The van der Waals surface area contributed by atoms with Gasteiger partial charge in [0.2, 0.25) is 0 Å². The zero-order chi connectivity index (χ0) is 14.0. The van der Waals surface area contributed by atoms with Gasteiger partial charge in [0.1, 0.15) is 5.15 Å². The Morgan fingerprint density at radius 1 is 1.32 bits per heavy atom. The van der Waals surface area contributed by atoms with Crippen molar-refractivity contribution in [2.24, 2.45) is 0 Å². The fourth-order valence-corrected chi connectivity index (χ4v) is 1.85. The summed E-state index contributed by atoms with van der Waals surface area (Å²) in [5.74, 6) is 0. The number of rotatable bonds is 3. The second-order valence-electron chi connectivity index (χ2n) is 3.71. The van der Waals surface area contributed by atoms with E-state index in [4.69, 9.17) is 23.2 Å². The molecule has 0 aliphatic carbocycles. The minimum absolute atomic E-state index is 0.0243. The second-order valence-corrected chi connectivity index (χ2v) is 4.53. The topological polar surface area (TPSA) is 78.0 Å². The Morgan fingerprint density at radius 3 is 2.68 bits per heavy atom. The van der Waals surface area contributed by atoms with Gasteiger partial charge in [-0.2, -0.15) is 0 Å². The van der Waals surface area contributed by atoms with E-state index in [0.717, 1.165) is 6.07 Å². The molecule has 1 heterocycles. The number of hydrogen-bond acceptors (Lipinski definition) is 4. The second kappa shape index (κ2) is 5.38. The molecule has 1 aromatic heterocycles. The molecule has 6 nitrogen and oxygen atoms in total. The quantitative estimate of drug-likeness (QED) is 0.495. The van der Waals surface area contributed by atoms with Crippen molar-refractivity contribution in [2.75, 3.05) is 0 Å². The molecule has 0 N–H and O–H groups in total. The van der Waals surface area contributed by atoms with Crippen LogP contribution in [0.25, 0.3) is 0 Å². The summed E-state index contributed by atoms with van der Waals surface area (Å²) in [6.45, 7) is 0.0243. The Hall–Kier alpha value is -1.92. The molecule has 19 heavy (non-hydrogen) atoms. The zero-order valence-electron chi connectivity index (χ0n) is 9.42. The highest BCUT2D eigenvalue weighted by molar-refractivity contribution is 6.30. The van der Waals surface area contributed by atoms with Gasteiger partial charge in [0.15, 0.2) is 0 Å². The van der Waals surface area contributed by atoms with Crippen LogP contribution in [-0.2, 0) is 6.54 Å². The van der Waals surface area contributed by atoms with Crippen LogP contribution in [0.15, 0.2) is 35.4 Å². The molecule has 0 saturated heterocycles. The Labute approximate surface area is 117 Å². The predicted molar refractivity (Wildman–Crippen MR) is 70.7 cm³/mol. The fraction of sp³-hybridized carbons (Fsp3) is 0.0909. The van der Waals surface area contributed by atoms with Crippen molar-refractivity contribution in [3.63, 3.8) is 0 Å². The fourth-order valence-electron chi connectivity index (χ4n) is 1.55. The van der Waals surface area contributed by atoms with E-state index in [0.29, 0.717) is 5.56 Å². The lowest BCUT2D eigenvalue weighted by Gasteiger charge is -2.06. The maximum Gasteiger partial charge on any atom is 0.275 e. The van der Waals surface area contributed by atoms with Gasteiger partial charge < -0.3 is 0 Å². The van der Waals surface area contributed by atoms with Gasteiger partial charge in [0.25, 0.3) is 11.2 Å². The molecule has 98 valence electrons. The first-order valence-corrected chi connectivity index (χ1v) is 5.88. The molecule has 0 bridgehead atoms. The lowest BCUT2D eigenvalue weighted by molar-refractivity contribution is -0.385. The number of halogens is 2. The number of benzene rings is 1. The normalized spacial score (nSPS) is 10.4. The highest BCUT2D eigenvalue weighted by Crippen LogP contribution is 2.23. The number of nitro benzene ring substituents is 1. The van der Waals surface area contributed by atoms with Crippen molar-refractivity contribution in [3.8, 4) is 0 Å². The molecule has 0 saturated carbocycles. The van der Waals surface area contributed by atoms with Crippen LogP contribution in [0.4, 0.5) is 5.69 Å². The average molecular weight is 300 g/mol. The molecule has 1 aromatic carbocycles. The van der Waals surface area contributed by atoms with Gasteiger partial charge >= 0.3 is 0 Å². The molecule has 0 radical (unpaired) electrons. The third-order valence-electron chi connectivity index (χ3n) is 2.43. The highest BCUT2D eigenvalue weighted by Gasteiger charge is 2.15. The van der Waals surface area contributed by atoms with Crippen molar-refractivity contribution in [3.05, 3.63) is 66.8 Å². The minimum Gasteiger partial charge on any atom is -0.294 e. The van der Waals surface area contributed by atoms with Gasteiger partial charge in [-0.15, -0.1) is 0 Å². The van der Waals surface area contributed by atoms with E-state index in [9.17, 15) is 14.9 Å². The molecule has 0 unspecified atom stereocenters. The third kappa shape index (κ3) is 3.10. The minimum atomic E-state index is -0.546. The van der Waals surface area contributed by atoms with Crippen LogP contribution in [0.2, 0.25) is 10.2 Å². The first kappa shape index (κ1) is 13.5. The van der Waals surface area contributed by atoms with Crippen LogP contribution in [0.5, 0.6) is 0 Å². The molecule has 0 spiro atoms. The molecule has 0 aliphatic heterocycles. The van der Waals surface area contributed by atoms with Gasteiger partial charge in [-0.25, -0.2) is 4.98 Å². The molecule has 8 heteroatoms. The van der Waals surface area contributed by atoms with Gasteiger partial charge in [0, 0.05) is 22.7 Å². The van der Waals surface area contributed by atoms with Crippen molar-refractivity contribution in [2.45, 2.75) is 6.54 Å². The van der Waals surface area contributed by atoms with Crippen molar-refractivity contribution in [1.82, 2.24) is 9.55 Å². The van der Waals surface area contributed by atoms with E-state index in [1.165, 1.54) is 29.1 Å². The van der Waals surface area contributed by atoms with E-state index in [2.05, 4.69) is 4.98 Å². The van der Waals surface area contributed by atoms with Gasteiger partial charge in [0.05, 0.1) is 17.8 Å². The van der Waals surface area contributed by atoms with E-state index in [1.807, 2.05) is 0 Å². The van der Waals surface area contributed by atoms with E-state index >= 15 is 0 Å². The SMILES string of the molecule is O=c1cc(Cl)ncn1Cc1ccc(Cl)cc1[N+](=O)[O-]. The summed E-state index contributed by atoms with van der Waals surface area (Å²) in [7, 11) is 0. The van der Waals surface area contributed by atoms with E-state index in [-0.39, 0.29) is 28.0 Å². The molecule has 0 fully saturated rings. The summed E-state index contributed by atoms with van der Waals surface area (Å²) in [5.41, 5.74) is -0.167. The van der Waals surface area contributed by atoms with Crippen molar-refractivity contribution in [1.29, 1.82) is 0 Å². The van der Waals surface area contributed by atoms with Gasteiger partial charge in [-0.3, -0.25) is 19.5 Å². The molecule has 2 aromatic rings. The van der Waals surface area contributed by atoms with Gasteiger partial charge in [-0.05, 0) is 12.1 Å². The molecular formula is C11H7Cl2N3O3. The monoisotopic (exact) mass is 299 g/mol. The first-order valence-electron chi connectivity index (χ1n) is 5.12. The molecule has 2 rings (SSSR count). The number of aromatic nitrogens is 2. The van der Waals surface area contributed by atoms with Crippen LogP contribution in [-0.4, -0.2) is 14.5 Å². The van der Waals surface area contributed by atoms with E-state index in [1.54, 1.807) is 0 Å². The molecule has 0 amide bonds. The van der Waals surface area contributed by atoms with Crippen LogP contribution < -0.4 is 5.56 Å². The Bertz CT molecular complexity index is 700. The summed E-state index contributed by atoms with van der Waals surface area (Å²) < 4.78 is 1.22. The third-order valence-corrected chi connectivity index (χ3v) is 2.87. The largest absolute Gasteiger partial charge is 0.294 e. The van der Waals surface area contributed by atoms with Crippen LogP contribution in [0.1, 0.15) is 5.56 Å². The summed E-state index contributed by atoms with van der Waals surface area (Å²) >= 11 is 11.3. The van der Waals surface area contributed by atoms with Crippen LogP contribution in [0, 0.1) is 10.1 Å². The van der Waals surface area contributed by atoms with Crippen LogP contribution >= 0.6 is 23.2 Å². The lowest BCUT2D eigenvalue weighted by atomic mass is 10.2. The maximum atomic E-state index is 11.6. The number of nitrogens with zero attached hydrogens (tertiary/aromatic N) is 3. The average Bonchev–Trinajstić information content (AvgIpc) is 2.34. The number of hydrogen-bond donors (Lipinski definition) is 0. The maximum absolute atomic E-state index is 11.6. The highest BCUT2D eigenvalue weighted by atomic mass is 35.5. The van der Waals surface area contributed by atoms with Crippen molar-refractivity contribution < 1.29 is 4.92 Å². The summed E-state index contributed by atoms with van der Waals surface area (Å²) in [6, 6.07) is 5.41. The van der Waals surface area contributed by atoms with Crippen molar-refractivity contribution >= 4 is 28.9 Å². The Kier molecular flexibility index (Phi) is 3.82. The first-order chi connectivity index (χ1) is 8.97. The Balaban J connectivity index is 2.43. The molecular weight excluding hydrogens is 293 g/mol. The van der Waals surface area contributed by atoms with E-state index < -0.39 is 4.92 Å². The summed E-state index contributed by atoms with van der Waals surface area (Å²) in [4.78, 5) is 25.8. The summed E-state index contributed by atoms with van der Waals surface area (Å²) in [6.07, 6.45) is 1.24. The predicted octanol–water partition coefficient (Wildman–Crippen LogP) is 2.51. The summed E-state index contributed by atoms with van der Waals surface area (Å²) in [5, 5.41) is 11.3. The zero-order valence-corrected chi connectivity index (χ0v) is 10.9. The number of nitro groups is 1. The molecule has 0 atom stereocenters. The van der Waals surface area contributed by atoms with Gasteiger partial charge in [-0.1, -0.05) is 23.2 Å². The smallest absolute Gasteiger partial charge is 0.275 e. The van der Waals surface area contributed by atoms with Crippen LogP contribution in [0.3, 0.4) is 0 Å². The lowest BCUT2D eigenvalue weighted by Crippen LogP contribution is -2.20. The molecule has 0 aliphatic rings. The standard InChI is InChI=1S/C11H7Cl2N3O3/c12-8-2-1-7(9(3-8)16(18)19)5-15-6-14-10(13)4-11(15)17/h1-4,6H,5H2.